The molecule has 0 N–H and O–H groups in total. The van der Waals surface area contributed by atoms with E-state index in [0.29, 0.717) is 5.25 Å². The maximum Gasteiger partial charge on any atom is 0.0469 e. The van der Waals surface area contributed by atoms with Gasteiger partial charge in [-0.3, -0.25) is 0 Å². The molecule has 1 unspecified atom stereocenters. The van der Waals surface area contributed by atoms with Crippen LogP contribution in [0.4, 0.5) is 0 Å². The average Bonchev–Trinajstić information content (AvgIpc) is 1.90. The SMILES string of the molecule is CC(S)C1CCOCC1. The van der Waals surface area contributed by atoms with Gasteiger partial charge in [-0.1, -0.05) is 6.92 Å². The third kappa shape index (κ3) is 2.18. The molecule has 1 heterocycles. The molecule has 1 aliphatic rings. The smallest absolute Gasteiger partial charge is 0.0469 e. The molecule has 1 nitrogen and oxygen atoms in total. The number of rotatable bonds is 1. The highest BCUT2D eigenvalue weighted by molar-refractivity contribution is 7.80. The highest BCUT2D eigenvalue weighted by Crippen LogP contribution is 2.21. The Kier molecular flexibility index (Phi) is 2.86. The summed E-state index contributed by atoms with van der Waals surface area (Å²) in [4.78, 5) is 0. The standard InChI is InChI=1S/C7H14OS/c1-6(9)7-2-4-8-5-3-7/h6-7,9H,2-5H2,1H3. The van der Waals surface area contributed by atoms with Crippen LogP contribution in [-0.4, -0.2) is 18.5 Å². The summed E-state index contributed by atoms with van der Waals surface area (Å²) in [6.45, 7) is 4.05. The molecule has 0 saturated carbocycles. The van der Waals surface area contributed by atoms with Crippen LogP contribution < -0.4 is 0 Å². The molecular weight excluding hydrogens is 132 g/mol. The zero-order chi connectivity index (χ0) is 6.69. The summed E-state index contributed by atoms with van der Waals surface area (Å²) in [5.74, 6) is 0.794. The summed E-state index contributed by atoms with van der Waals surface area (Å²) in [7, 11) is 0. The molecule has 0 aromatic carbocycles. The molecule has 9 heavy (non-hydrogen) atoms. The molecule has 0 spiro atoms. The molecule has 0 radical (unpaired) electrons. The third-order valence-electron chi connectivity index (χ3n) is 1.95. The first kappa shape index (κ1) is 7.42. The van der Waals surface area contributed by atoms with Gasteiger partial charge in [0.2, 0.25) is 0 Å². The fraction of sp³-hybridized carbons (Fsp3) is 1.00. The Hall–Kier alpha value is 0.310. The largest absolute Gasteiger partial charge is 0.381 e. The molecular formula is C7H14OS. The van der Waals surface area contributed by atoms with Gasteiger partial charge in [0.15, 0.2) is 0 Å². The van der Waals surface area contributed by atoms with E-state index in [2.05, 4.69) is 19.6 Å². The lowest BCUT2D eigenvalue weighted by atomic mass is 9.97. The van der Waals surface area contributed by atoms with Crippen molar-refractivity contribution in [1.82, 2.24) is 0 Å². The third-order valence-corrected chi connectivity index (χ3v) is 2.37. The minimum Gasteiger partial charge on any atom is -0.381 e. The van der Waals surface area contributed by atoms with Crippen LogP contribution in [0.1, 0.15) is 19.8 Å². The molecule has 1 aliphatic heterocycles. The van der Waals surface area contributed by atoms with Gasteiger partial charge in [0.25, 0.3) is 0 Å². The van der Waals surface area contributed by atoms with E-state index < -0.39 is 0 Å². The van der Waals surface area contributed by atoms with Crippen LogP contribution in [0.2, 0.25) is 0 Å². The molecule has 0 amide bonds. The quantitative estimate of drug-likeness (QED) is 0.554. The highest BCUT2D eigenvalue weighted by Gasteiger charge is 2.16. The predicted molar refractivity (Wildman–Crippen MR) is 42.0 cm³/mol. The molecule has 1 rings (SSSR count). The normalized spacial score (nSPS) is 26.0. The van der Waals surface area contributed by atoms with E-state index in [1.807, 2.05) is 0 Å². The number of hydrogen-bond donors (Lipinski definition) is 1. The lowest BCUT2D eigenvalue weighted by molar-refractivity contribution is 0.0671. The van der Waals surface area contributed by atoms with Crippen LogP contribution in [0.25, 0.3) is 0 Å². The monoisotopic (exact) mass is 146 g/mol. The van der Waals surface area contributed by atoms with Crippen molar-refractivity contribution in [2.45, 2.75) is 25.0 Å². The van der Waals surface area contributed by atoms with Crippen molar-refractivity contribution in [2.75, 3.05) is 13.2 Å². The van der Waals surface area contributed by atoms with Crippen LogP contribution in [-0.2, 0) is 4.74 Å². The van der Waals surface area contributed by atoms with E-state index in [1.54, 1.807) is 0 Å². The highest BCUT2D eigenvalue weighted by atomic mass is 32.1. The Labute approximate surface area is 62.2 Å². The van der Waals surface area contributed by atoms with Crippen LogP contribution >= 0.6 is 12.6 Å². The van der Waals surface area contributed by atoms with Gasteiger partial charge in [-0.25, -0.2) is 0 Å². The first-order chi connectivity index (χ1) is 4.30. The van der Waals surface area contributed by atoms with Gasteiger partial charge in [0, 0.05) is 18.5 Å². The van der Waals surface area contributed by atoms with Crippen molar-refractivity contribution in [2.24, 2.45) is 5.92 Å². The van der Waals surface area contributed by atoms with Crippen molar-refractivity contribution >= 4 is 12.6 Å². The van der Waals surface area contributed by atoms with Gasteiger partial charge in [0.05, 0.1) is 0 Å². The van der Waals surface area contributed by atoms with Crippen molar-refractivity contribution < 1.29 is 4.74 Å². The van der Waals surface area contributed by atoms with E-state index >= 15 is 0 Å². The summed E-state index contributed by atoms with van der Waals surface area (Å²) in [6, 6.07) is 0. The van der Waals surface area contributed by atoms with Crippen LogP contribution in [0, 0.1) is 5.92 Å². The maximum absolute atomic E-state index is 5.22. The first-order valence-electron chi connectivity index (χ1n) is 3.56. The summed E-state index contributed by atoms with van der Waals surface area (Å²) < 4.78 is 5.22. The predicted octanol–water partition coefficient (Wildman–Crippen LogP) is 1.73. The number of hydrogen-bond acceptors (Lipinski definition) is 2. The Morgan fingerprint density at radius 2 is 2.00 bits per heavy atom. The topological polar surface area (TPSA) is 9.23 Å². The van der Waals surface area contributed by atoms with E-state index in [4.69, 9.17) is 4.74 Å². The lowest BCUT2D eigenvalue weighted by Gasteiger charge is -2.24. The molecule has 0 bridgehead atoms. The molecule has 2 heteroatoms. The Morgan fingerprint density at radius 1 is 1.44 bits per heavy atom. The van der Waals surface area contributed by atoms with E-state index in [1.165, 1.54) is 12.8 Å². The minimum atomic E-state index is 0.550. The molecule has 54 valence electrons. The summed E-state index contributed by atoms with van der Waals surface area (Å²) in [5.41, 5.74) is 0. The van der Waals surface area contributed by atoms with E-state index in [-0.39, 0.29) is 0 Å². The van der Waals surface area contributed by atoms with Crippen molar-refractivity contribution in [1.29, 1.82) is 0 Å². The Bertz CT molecular complexity index is 77.0. The minimum absolute atomic E-state index is 0.550. The second kappa shape index (κ2) is 3.47. The second-order valence-electron chi connectivity index (χ2n) is 2.69. The summed E-state index contributed by atoms with van der Waals surface area (Å²) in [5, 5.41) is 0.550. The van der Waals surface area contributed by atoms with Crippen molar-refractivity contribution in [3.63, 3.8) is 0 Å². The molecule has 0 aliphatic carbocycles. The summed E-state index contributed by atoms with van der Waals surface area (Å²) >= 11 is 4.39. The van der Waals surface area contributed by atoms with Crippen LogP contribution in [0.3, 0.4) is 0 Å². The number of thiol groups is 1. The zero-order valence-electron chi connectivity index (χ0n) is 5.84. The average molecular weight is 146 g/mol. The molecule has 1 fully saturated rings. The van der Waals surface area contributed by atoms with Crippen molar-refractivity contribution in [3.05, 3.63) is 0 Å². The fourth-order valence-electron chi connectivity index (χ4n) is 1.20. The van der Waals surface area contributed by atoms with Gasteiger partial charge in [0.1, 0.15) is 0 Å². The van der Waals surface area contributed by atoms with Gasteiger partial charge in [-0.2, -0.15) is 12.6 Å². The Morgan fingerprint density at radius 3 is 2.33 bits per heavy atom. The second-order valence-corrected chi connectivity index (χ2v) is 3.50. The van der Waals surface area contributed by atoms with Crippen LogP contribution in [0.5, 0.6) is 0 Å². The van der Waals surface area contributed by atoms with Gasteiger partial charge >= 0.3 is 0 Å². The molecule has 0 aromatic rings. The van der Waals surface area contributed by atoms with E-state index in [0.717, 1.165) is 19.1 Å². The zero-order valence-corrected chi connectivity index (χ0v) is 6.73. The van der Waals surface area contributed by atoms with Gasteiger partial charge in [-0.05, 0) is 18.8 Å². The molecule has 1 atom stereocenters. The summed E-state index contributed by atoms with van der Waals surface area (Å²) in [6.07, 6.45) is 2.40. The maximum atomic E-state index is 5.22. The molecule has 0 aromatic heterocycles. The first-order valence-corrected chi connectivity index (χ1v) is 4.08. The number of ether oxygens (including phenoxy) is 1. The van der Waals surface area contributed by atoms with E-state index in [9.17, 15) is 0 Å². The lowest BCUT2D eigenvalue weighted by Crippen LogP contribution is -2.21. The van der Waals surface area contributed by atoms with Gasteiger partial charge in [-0.15, -0.1) is 0 Å². The molecule has 1 saturated heterocycles. The van der Waals surface area contributed by atoms with Crippen LogP contribution in [0.15, 0.2) is 0 Å². The van der Waals surface area contributed by atoms with Gasteiger partial charge < -0.3 is 4.74 Å². The Balaban J connectivity index is 2.23. The fourth-order valence-corrected chi connectivity index (χ4v) is 1.50. The van der Waals surface area contributed by atoms with Crippen molar-refractivity contribution in [3.8, 4) is 0 Å².